The molecule has 1 unspecified atom stereocenters. The van der Waals surface area contributed by atoms with Crippen LogP contribution in [0.3, 0.4) is 0 Å². The van der Waals surface area contributed by atoms with E-state index in [0.29, 0.717) is 0 Å². The lowest BCUT2D eigenvalue weighted by Crippen LogP contribution is -2.06. The Labute approximate surface area is 81.2 Å². The van der Waals surface area contributed by atoms with Gasteiger partial charge in [-0.25, -0.2) is 4.39 Å². The second-order valence-corrected chi connectivity index (χ2v) is 3.22. The van der Waals surface area contributed by atoms with Crippen molar-refractivity contribution in [1.29, 1.82) is 0 Å². The lowest BCUT2D eigenvalue weighted by atomic mass is 10.2. The van der Waals surface area contributed by atoms with Gasteiger partial charge in [-0.2, -0.15) is 0 Å². The van der Waals surface area contributed by atoms with E-state index in [1.165, 1.54) is 12.1 Å². The summed E-state index contributed by atoms with van der Waals surface area (Å²) in [5, 5.41) is 0.831. The highest BCUT2D eigenvalue weighted by atomic mass is 19.1. The Hall–Kier alpha value is -1.61. The summed E-state index contributed by atoms with van der Waals surface area (Å²) in [6.45, 7) is 3.61. The standard InChI is InChI=1S/C11H11FN2/c1-2-9(13)11-6-7-5-8(12)3-4-10(7)14-11/h2-6,9,14H,1,13H2. The highest BCUT2D eigenvalue weighted by molar-refractivity contribution is 5.80. The maximum absolute atomic E-state index is 12.9. The molecule has 0 aliphatic rings. The number of H-pyrrole nitrogens is 1. The fourth-order valence-electron chi connectivity index (χ4n) is 1.43. The van der Waals surface area contributed by atoms with Gasteiger partial charge in [0.15, 0.2) is 0 Å². The van der Waals surface area contributed by atoms with Gasteiger partial charge in [0, 0.05) is 16.6 Å². The molecule has 1 aromatic carbocycles. The highest BCUT2D eigenvalue weighted by Gasteiger charge is 2.05. The van der Waals surface area contributed by atoms with Crippen LogP contribution in [-0.4, -0.2) is 4.98 Å². The molecule has 0 fully saturated rings. The molecule has 3 N–H and O–H groups in total. The molecular weight excluding hydrogens is 179 g/mol. The molecule has 0 aliphatic carbocycles. The molecule has 0 spiro atoms. The van der Waals surface area contributed by atoms with E-state index in [1.54, 1.807) is 12.1 Å². The zero-order valence-electron chi connectivity index (χ0n) is 7.63. The van der Waals surface area contributed by atoms with E-state index in [9.17, 15) is 4.39 Å². The van der Waals surface area contributed by atoms with Gasteiger partial charge in [0.25, 0.3) is 0 Å². The van der Waals surface area contributed by atoms with Gasteiger partial charge in [0.1, 0.15) is 5.82 Å². The first kappa shape index (κ1) is 8.97. The van der Waals surface area contributed by atoms with Gasteiger partial charge in [-0.05, 0) is 24.3 Å². The molecule has 2 nitrogen and oxygen atoms in total. The number of hydrogen-bond acceptors (Lipinski definition) is 1. The number of benzene rings is 1. The number of aromatic nitrogens is 1. The van der Waals surface area contributed by atoms with E-state index >= 15 is 0 Å². The molecule has 0 amide bonds. The Morgan fingerprint density at radius 2 is 2.21 bits per heavy atom. The summed E-state index contributed by atoms with van der Waals surface area (Å²) in [6.07, 6.45) is 1.64. The largest absolute Gasteiger partial charge is 0.357 e. The molecule has 1 atom stereocenters. The molecule has 0 aliphatic heterocycles. The summed E-state index contributed by atoms with van der Waals surface area (Å²) >= 11 is 0. The third-order valence-corrected chi connectivity index (χ3v) is 2.22. The van der Waals surface area contributed by atoms with Crippen LogP contribution in [0, 0.1) is 5.82 Å². The minimum atomic E-state index is -0.241. The number of aromatic amines is 1. The minimum Gasteiger partial charge on any atom is -0.357 e. The zero-order chi connectivity index (χ0) is 10.1. The fraction of sp³-hybridized carbons (Fsp3) is 0.0909. The van der Waals surface area contributed by atoms with Gasteiger partial charge in [0.05, 0.1) is 6.04 Å². The Morgan fingerprint density at radius 3 is 2.93 bits per heavy atom. The Balaban J connectivity index is 2.56. The van der Waals surface area contributed by atoms with Crippen LogP contribution in [0.5, 0.6) is 0 Å². The molecule has 0 radical (unpaired) electrons. The van der Waals surface area contributed by atoms with Gasteiger partial charge in [-0.1, -0.05) is 6.08 Å². The monoisotopic (exact) mass is 190 g/mol. The Bertz CT molecular complexity index is 473. The third kappa shape index (κ3) is 1.42. The first-order chi connectivity index (χ1) is 6.70. The van der Waals surface area contributed by atoms with Crippen LogP contribution in [0.1, 0.15) is 11.7 Å². The number of halogens is 1. The van der Waals surface area contributed by atoms with Gasteiger partial charge in [0.2, 0.25) is 0 Å². The normalized spacial score (nSPS) is 13.0. The van der Waals surface area contributed by atoms with Crippen molar-refractivity contribution < 1.29 is 4.39 Å². The molecule has 1 heterocycles. The second-order valence-electron chi connectivity index (χ2n) is 3.22. The van der Waals surface area contributed by atoms with Crippen LogP contribution in [0.2, 0.25) is 0 Å². The Kier molecular flexibility index (Phi) is 2.09. The van der Waals surface area contributed by atoms with Crippen molar-refractivity contribution >= 4 is 10.9 Å². The quantitative estimate of drug-likeness (QED) is 0.702. The first-order valence-corrected chi connectivity index (χ1v) is 4.37. The number of hydrogen-bond donors (Lipinski definition) is 2. The van der Waals surface area contributed by atoms with E-state index in [1.807, 2.05) is 6.07 Å². The molecular formula is C11H11FN2. The molecule has 2 rings (SSSR count). The number of nitrogens with one attached hydrogen (secondary N) is 1. The smallest absolute Gasteiger partial charge is 0.123 e. The average Bonchev–Trinajstić information content (AvgIpc) is 2.59. The maximum atomic E-state index is 12.9. The lowest BCUT2D eigenvalue weighted by molar-refractivity contribution is 0.630. The SMILES string of the molecule is C=CC(N)c1cc2cc(F)ccc2[nH]1. The molecule has 72 valence electrons. The second kappa shape index (κ2) is 3.27. The third-order valence-electron chi connectivity index (χ3n) is 2.22. The summed E-state index contributed by atoms with van der Waals surface area (Å²) in [5.74, 6) is -0.241. The van der Waals surface area contributed by atoms with Gasteiger partial charge in [-0.3, -0.25) is 0 Å². The molecule has 0 saturated carbocycles. The summed E-state index contributed by atoms with van der Waals surface area (Å²) in [7, 11) is 0. The van der Waals surface area contributed by atoms with Crippen LogP contribution in [0.25, 0.3) is 10.9 Å². The number of nitrogens with two attached hydrogens (primary N) is 1. The van der Waals surface area contributed by atoms with E-state index in [2.05, 4.69) is 11.6 Å². The van der Waals surface area contributed by atoms with Crippen LogP contribution in [-0.2, 0) is 0 Å². The summed E-state index contributed by atoms with van der Waals surface area (Å²) in [4.78, 5) is 3.11. The summed E-state index contributed by atoms with van der Waals surface area (Å²) in [6, 6.07) is 6.20. The van der Waals surface area contributed by atoms with E-state index in [0.717, 1.165) is 16.6 Å². The van der Waals surface area contributed by atoms with Crippen LogP contribution in [0.4, 0.5) is 4.39 Å². The Morgan fingerprint density at radius 1 is 1.43 bits per heavy atom. The first-order valence-electron chi connectivity index (χ1n) is 4.37. The van der Waals surface area contributed by atoms with Crippen molar-refractivity contribution in [2.45, 2.75) is 6.04 Å². The summed E-state index contributed by atoms with van der Waals surface area (Å²) < 4.78 is 12.9. The van der Waals surface area contributed by atoms with Crippen molar-refractivity contribution in [1.82, 2.24) is 4.98 Å². The van der Waals surface area contributed by atoms with Crippen molar-refractivity contribution in [2.75, 3.05) is 0 Å². The van der Waals surface area contributed by atoms with Gasteiger partial charge < -0.3 is 10.7 Å². The summed E-state index contributed by atoms with van der Waals surface area (Å²) in [5.41, 5.74) is 7.49. The lowest BCUT2D eigenvalue weighted by Gasteiger charge is -2.00. The van der Waals surface area contributed by atoms with Crippen LogP contribution in [0.15, 0.2) is 36.9 Å². The molecule has 2 aromatic rings. The van der Waals surface area contributed by atoms with Crippen LogP contribution < -0.4 is 5.73 Å². The van der Waals surface area contributed by atoms with E-state index < -0.39 is 0 Å². The van der Waals surface area contributed by atoms with E-state index in [-0.39, 0.29) is 11.9 Å². The zero-order valence-corrected chi connectivity index (χ0v) is 7.63. The average molecular weight is 190 g/mol. The highest BCUT2D eigenvalue weighted by Crippen LogP contribution is 2.20. The minimum absolute atomic E-state index is 0.231. The predicted molar refractivity (Wildman–Crippen MR) is 55.4 cm³/mol. The molecule has 0 bridgehead atoms. The maximum Gasteiger partial charge on any atom is 0.123 e. The number of fused-ring (bicyclic) bond motifs is 1. The van der Waals surface area contributed by atoms with Crippen molar-refractivity contribution in [3.05, 3.63) is 48.4 Å². The van der Waals surface area contributed by atoms with Crippen molar-refractivity contribution in [3.8, 4) is 0 Å². The van der Waals surface area contributed by atoms with E-state index in [4.69, 9.17) is 5.73 Å². The molecule has 0 saturated heterocycles. The fourth-order valence-corrected chi connectivity index (χ4v) is 1.43. The van der Waals surface area contributed by atoms with Crippen molar-refractivity contribution in [3.63, 3.8) is 0 Å². The van der Waals surface area contributed by atoms with Crippen LogP contribution >= 0.6 is 0 Å². The molecule has 14 heavy (non-hydrogen) atoms. The van der Waals surface area contributed by atoms with Gasteiger partial charge in [-0.15, -0.1) is 6.58 Å². The molecule has 1 aromatic heterocycles. The topological polar surface area (TPSA) is 41.8 Å². The number of rotatable bonds is 2. The van der Waals surface area contributed by atoms with Crippen molar-refractivity contribution in [2.24, 2.45) is 5.73 Å². The van der Waals surface area contributed by atoms with Gasteiger partial charge >= 0.3 is 0 Å². The molecule has 3 heteroatoms. The predicted octanol–water partition coefficient (Wildman–Crippen LogP) is 2.49.